The van der Waals surface area contributed by atoms with Crippen molar-refractivity contribution in [2.45, 2.75) is 44.3 Å². The van der Waals surface area contributed by atoms with Crippen LogP contribution in [0.1, 0.15) is 31.4 Å². The van der Waals surface area contributed by atoms with Crippen LogP contribution >= 0.6 is 0 Å². The molecule has 0 radical (unpaired) electrons. The summed E-state index contributed by atoms with van der Waals surface area (Å²) in [7, 11) is 0. The molecule has 1 saturated carbocycles. The van der Waals surface area contributed by atoms with Crippen molar-refractivity contribution in [3.05, 3.63) is 11.9 Å². The summed E-state index contributed by atoms with van der Waals surface area (Å²) < 4.78 is 1.74. The third-order valence-corrected chi connectivity index (χ3v) is 3.39. The number of rotatable bonds is 7. The molecule has 0 aromatic carbocycles. The average molecular weight is 240 g/mol. The van der Waals surface area contributed by atoms with E-state index in [1.165, 1.54) is 6.42 Å². The molecule has 96 valence electrons. The van der Waals surface area contributed by atoms with Gasteiger partial charge in [0.25, 0.3) is 0 Å². The molecule has 1 fully saturated rings. The molecule has 0 saturated heterocycles. The maximum Gasteiger partial charge on any atom is 0.0965 e. The number of aliphatic hydroxyl groups is 2. The Bertz CT molecular complexity index is 343. The Kier molecular flexibility index (Phi) is 4.09. The van der Waals surface area contributed by atoms with E-state index in [4.69, 9.17) is 5.11 Å². The molecule has 2 rings (SSSR count). The normalized spacial score (nSPS) is 18.0. The Hall–Kier alpha value is -0.980. The second kappa shape index (κ2) is 5.57. The molecule has 6 nitrogen and oxygen atoms in total. The predicted octanol–water partition coefficient (Wildman–Crippen LogP) is -0.335. The van der Waals surface area contributed by atoms with Crippen LogP contribution < -0.4 is 5.32 Å². The summed E-state index contributed by atoms with van der Waals surface area (Å²) in [6.07, 6.45) is 5.81. The largest absolute Gasteiger partial charge is 0.396 e. The molecule has 1 aromatic heterocycles. The van der Waals surface area contributed by atoms with Crippen molar-refractivity contribution in [1.29, 1.82) is 0 Å². The van der Waals surface area contributed by atoms with Gasteiger partial charge in [-0.25, -0.2) is 0 Å². The van der Waals surface area contributed by atoms with E-state index in [9.17, 15) is 5.11 Å². The van der Waals surface area contributed by atoms with Gasteiger partial charge < -0.3 is 15.5 Å². The van der Waals surface area contributed by atoms with E-state index >= 15 is 0 Å². The fourth-order valence-corrected chi connectivity index (χ4v) is 2.03. The van der Waals surface area contributed by atoms with Gasteiger partial charge in [-0.3, -0.25) is 4.68 Å². The first-order chi connectivity index (χ1) is 8.28. The van der Waals surface area contributed by atoms with Crippen LogP contribution in [0.5, 0.6) is 0 Å². The third kappa shape index (κ3) is 3.02. The summed E-state index contributed by atoms with van der Waals surface area (Å²) in [5.41, 5.74) is 0.789. The molecule has 0 atom stereocenters. The minimum absolute atomic E-state index is 0.0884. The number of aryl methyl sites for hydroxylation is 1. The maximum absolute atomic E-state index is 9.30. The lowest BCUT2D eigenvalue weighted by Crippen LogP contribution is -2.53. The highest BCUT2D eigenvalue weighted by atomic mass is 16.3. The number of hydrogen-bond donors (Lipinski definition) is 3. The molecule has 0 amide bonds. The summed E-state index contributed by atoms with van der Waals surface area (Å²) in [4.78, 5) is 0. The molecule has 0 unspecified atom stereocenters. The molecular formula is C11H20N4O2. The minimum Gasteiger partial charge on any atom is -0.396 e. The van der Waals surface area contributed by atoms with E-state index < -0.39 is 0 Å². The molecular weight excluding hydrogens is 220 g/mol. The number of aromatic nitrogens is 3. The van der Waals surface area contributed by atoms with Crippen LogP contribution in [0.2, 0.25) is 0 Å². The molecule has 0 bridgehead atoms. The zero-order valence-corrected chi connectivity index (χ0v) is 9.97. The van der Waals surface area contributed by atoms with E-state index in [0.717, 1.165) is 18.5 Å². The van der Waals surface area contributed by atoms with Crippen LogP contribution in [0.4, 0.5) is 0 Å². The molecule has 0 aliphatic heterocycles. The van der Waals surface area contributed by atoms with E-state index in [-0.39, 0.29) is 18.8 Å². The quantitative estimate of drug-likeness (QED) is 0.607. The lowest BCUT2D eigenvalue weighted by atomic mass is 9.77. The monoisotopic (exact) mass is 240 g/mol. The van der Waals surface area contributed by atoms with Crippen LogP contribution in [0, 0.1) is 0 Å². The van der Waals surface area contributed by atoms with Crippen molar-refractivity contribution in [2.75, 3.05) is 13.2 Å². The standard InChI is InChI=1S/C11H20N4O2/c16-6-2-5-15-8-10(13-14-15)7-12-11(9-17)3-1-4-11/h8,12,16-17H,1-7,9H2. The number of nitrogens with zero attached hydrogens (tertiary/aromatic N) is 3. The van der Waals surface area contributed by atoms with Crippen molar-refractivity contribution < 1.29 is 10.2 Å². The van der Waals surface area contributed by atoms with Gasteiger partial charge in [-0.15, -0.1) is 5.10 Å². The fraction of sp³-hybridized carbons (Fsp3) is 0.818. The first-order valence-corrected chi connectivity index (χ1v) is 6.14. The molecule has 6 heteroatoms. The lowest BCUT2D eigenvalue weighted by molar-refractivity contribution is 0.0868. The second-order valence-corrected chi connectivity index (χ2v) is 4.70. The van der Waals surface area contributed by atoms with Gasteiger partial charge in [0.1, 0.15) is 0 Å². The van der Waals surface area contributed by atoms with Gasteiger partial charge in [0.2, 0.25) is 0 Å². The number of aliphatic hydroxyl groups excluding tert-OH is 2. The Morgan fingerprint density at radius 1 is 1.41 bits per heavy atom. The van der Waals surface area contributed by atoms with Gasteiger partial charge in [-0.05, 0) is 25.7 Å². The third-order valence-electron chi connectivity index (χ3n) is 3.39. The van der Waals surface area contributed by atoms with Gasteiger partial charge >= 0.3 is 0 Å². The fourth-order valence-electron chi connectivity index (χ4n) is 2.03. The second-order valence-electron chi connectivity index (χ2n) is 4.70. The first kappa shape index (κ1) is 12.5. The zero-order chi connectivity index (χ0) is 12.1. The lowest BCUT2D eigenvalue weighted by Gasteiger charge is -2.41. The summed E-state index contributed by atoms with van der Waals surface area (Å²) >= 11 is 0. The van der Waals surface area contributed by atoms with Crippen molar-refractivity contribution in [3.63, 3.8) is 0 Å². The number of nitrogens with one attached hydrogen (secondary N) is 1. The minimum atomic E-state index is -0.0884. The van der Waals surface area contributed by atoms with Gasteiger partial charge in [0.15, 0.2) is 0 Å². The summed E-state index contributed by atoms with van der Waals surface area (Å²) in [6, 6.07) is 0. The van der Waals surface area contributed by atoms with Crippen molar-refractivity contribution in [2.24, 2.45) is 0 Å². The SMILES string of the molecule is OCCCn1cc(CNC2(CO)CCC2)nn1. The maximum atomic E-state index is 9.30. The molecule has 3 N–H and O–H groups in total. The van der Waals surface area contributed by atoms with Gasteiger partial charge in [0.05, 0.1) is 12.3 Å². The van der Waals surface area contributed by atoms with Gasteiger partial charge in [-0.1, -0.05) is 5.21 Å². The Labute approximate surface area is 101 Å². The molecule has 1 heterocycles. The van der Waals surface area contributed by atoms with Gasteiger partial charge in [0, 0.05) is 31.4 Å². The zero-order valence-electron chi connectivity index (χ0n) is 9.97. The summed E-state index contributed by atoms with van der Waals surface area (Å²) in [5.74, 6) is 0. The number of hydrogen-bond acceptors (Lipinski definition) is 5. The highest BCUT2D eigenvalue weighted by Crippen LogP contribution is 2.31. The van der Waals surface area contributed by atoms with Crippen molar-refractivity contribution in [1.82, 2.24) is 20.3 Å². The average Bonchev–Trinajstić information content (AvgIpc) is 2.74. The highest BCUT2D eigenvalue weighted by molar-refractivity contribution is 4.99. The van der Waals surface area contributed by atoms with Crippen LogP contribution in [0.25, 0.3) is 0 Å². The Balaban J connectivity index is 1.80. The molecule has 1 aromatic rings. The van der Waals surface area contributed by atoms with Crippen LogP contribution in [-0.2, 0) is 13.1 Å². The Morgan fingerprint density at radius 3 is 2.82 bits per heavy atom. The molecule has 1 aliphatic carbocycles. The van der Waals surface area contributed by atoms with E-state index in [2.05, 4.69) is 15.6 Å². The first-order valence-electron chi connectivity index (χ1n) is 6.14. The Morgan fingerprint density at radius 2 is 2.24 bits per heavy atom. The van der Waals surface area contributed by atoms with E-state index in [1.807, 2.05) is 6.20 Å². The molecule has 0 spiro atoms. The predicted molar refractivity (Wildman–Crippen MR) is 62.2 cm³/mol. The summed E-state index contributed by atoms with van der Waals surface area (Å²) in [6.45, 7) is 1.68. The van der Waals surface area contributed by atoms with Crippen molar-refractivity contribution >= 4 is 0 Å². The smallest absolute Gasteiger partial charge is 0.0965 e. The van der Waals surface area contributed by atoms with Crippen LogP contribution in [0.15, 0.2) is 6.20 Å². The molecule has 17 heavy (non-hydrogen) atoms. The van der Waals surface area contributed by atoms with E-state index in [0.29, 0.717) is 19.5 Å². The van der Waals surface area contributed by atoms with Crippen molar-refractivity contribution in [3.8, 4) is 0 Å². The highest BCUT2D eigenvalue weighted by Gasteiger charge is 2.35. The molecule has 1 aliphatic rings. The summed E-state index contributed by atoms with van der Waals surface area (Å²) in [5, 5.41) is 29.4. The topological polar surface area (TPSA) is 83.2 Å². The van der Waals surface area contributed by atoms with Crippen LogP contribution in [-0.4, -0.2) is 44.0 Å². The van der Waals surface area contributed by atoms with Gasteiger partial charge in [-0.2, -0.15) is 0 Å². The van der Waals surface area contributed by atoms with E-state index in [1.54, 1.807) is 4.68 Å². The van der Waals surface area contributed by atoms with Crippen LogP contribution in [0.3, 0.4) is 0 Å².